The van der Waals surface area contributed by atoms with Gasteiger partial charge in [-0.15, -0.1) is 0 Å². The first-order chi connectivity index (χ1) is 11.7. The van der Waals surface area contributed by atoms with Gasteiger partial charge in [-0.2, -0.15) is 0 Å². The van der Waals surface area contributed by atoms with Crippen LogP contribution in [0.3, 0.4) is 0 Å². The van der Waals surface area contributed by atoms with E-state index in [1.54, 1.807) is 30.0 Å². The van der Waals surface area contributed by atoms with Gasteiger partial charge in [0.15, 0.2) is 6.29 Å². The number of aldehydes is 1. The zero-order valence-corrected chi connectivity index (χ0v) is 13.3. The standard InChI is InChI=1S/C19H17NO4/c1-23-16-7-8-18-17(9-16)15(12-21)10-20(18)11-19(22)24-13-14-5-3-2-4-6-14/h2-10,12H,11,13H2,1H3. The van der Waals surface area contributed by atoms with Gasteiger partial charge in [0.05, 0.1) is 7.11 Å². The topological polar surface area (TPSA) is 57.5 Å². The van der Waals surface area contributed by atoms with Gasteiger partial charge in [-0.05, 0) is 23.8 Å². The van der Waals surface area contributed by atoms with Crippen LogP contribution < -0.4 is 4.74 Å². The second kappa shape index (κ2) is 7.00. The van der Waals surface area contributed by atoms with E-state index in [1.807, 2.05) is 36.4 Å². The molecule has 0 radical (unpaired) electrons. The molecule has 0 unspecified atom stereocenters. The first-order valence-corrected chi connectivity index (χ1v) is 7.53. The number of aromatic nitrogens is 1. The third-order valence-electron chi connectivity index (χ3n) is 3.79. The second-order valence-electron chi connectivity index (χ2n) is 5.36. The van der Waals surface area contributed by atoms with Gasteiger partial charge < -0.3 is 14.0 Å². The van der Waals surface area contributed by atoms with E-state index in [9.17, 15) is 9.59 Å². The molecule has 3 aromatic rings. The van der Waals surface area contributed by atoms with Crippen molar-refractivity contribution < 1.29 is 19.1 Å². The molecule has 122 valence electrons. The molecular formula is C19H17NO4. The summed E-state index contributed by atoms with van der Waals surface area (Å²) in [5.41, 5.74) is 2.23. The predicted octanol–water partition coefficient (Wildman–Crippen LogP) is 3.21. The number of carbonyl (C=O) groups excluding carboxylic acids is 2. The van der Waals surface area contributed by atoms with Crippen LogP contribution in [0.15, 0.2) is 54.7 Å². The van der Waals surface area contributed by atoms with Crippen LogP contribution in [-0.4, -0.2) is 23.9 Å². The Labute approximate surface area is 139 Å². The van der Waals surface area contributed by atoms with Gasteiger partial charge in [-0.25, -0.2) is 0 Å². The van der Waals surface area contributed by atoms with Crippen molar-refractivity contribution in [2.45, 2.75) is 13.2 Å². The average molecular weight is 323 g/mol. The molecular weight excluding hydrogens is 306 g/mol. The summed E-state index contributed by atoms with van der Waals surface area (Å²) < 4.78 is 12.2. The number of benzene rings is 2. The lowest BCUT2D eigenvalue weighted by Crippen LogP contribution is -2.12. The molecule has 0 N–H and O–H groups in total. The molecule has 0 bridgehead atoms. The molecule has 0 spiro atoms. The zero-order chi connectivity index (χ0) is 16.9. The molecule has 1 heterocycles. The third kappa shape index (κ3) is 3.30. The van der Waals surface area contributed by atoms with E-state index >= 15 is 0 Å². The number of hydrogen-bond donors (Lipinski definition) is 0. The van der Waals surface area contributed by atoms with Crippen LogP contribution in [0.2, 0.25) is 0 Å². The van der Waals surface area contributed by atoms with E-state index in [2.05, 4.69) is 0 Å². The van der Waals surface area contributed by atoms with E-state index in [1.165, 1.54) is 0 Å². The number of fused-ring (bicyclic) bond motifs is 1. The zero-order valence-electron chi connectivity index (χ0n) is 13.3. The Morgan fingerprint density at radius 3 is 2.67 bits per heavy atom. The van der Waals surface area contributed by atoms with Crippen LogP contribution in [0.1, 0.15) is 15.9 Å². The highest BCUT2D eigenvalue weighted by molar-refractivity contribution is 5.98. The van der Waals surface area contributed by atoms with Crippen LogP contribution in [-0.2, 0) is 22.7 Å². The van der Waals surface area contributed by atoms with E-state index in [-0.39, 0.29) is 19.1 Å². The Morgan fingerprint density at radius 1 is 1.17 bits per heavy atom. The molecule has 0 saturated heterocycles. The first kappa shape index (κ1) is 15.8. The Bertz CT molecular complexity index is 868. The average Bonchev–Trinajstić information content (AvgIpc) is 2.97. The first-order valence-electron chi connectivity index (χ1n) is 7.53. The minimum atomic E-state index is -0.357. The molecule has 1 aromatic heterocycles. The lowest BCUT2D eigenvalue weighted by Gasteiger charge is -2.07. The molecule has 0 amide bonds. The summed E-state index contributed by atoms with van der Waals surface area (Å²) in [4.78, 5) is 23.4. The Morgan fingerprint density at radius 2 is 1.96 bits per heavy atom. The normalized spacial score (nSPS) is 10.5. The highest BCUT2D eigenvalue weighted by Gasteiger charge is 2.12. The van der Waals surface area contributed by atoms with Gasteiger partial charge in [0, 0.05) is 22.7 Å². The van der Waals surface area contributed by atoms with Crippen molar-refractivity contribution >= 4 is 23.2 Å². The molecule has 0 aliphatic carbocycles. The van der Waals surface area contributed by atoms with Gasteiger partial charge in [-0.3, -0.25) is 9.59 Å². The summed E-state index contributed by atoms with van der Waals surface area (Å²) in [6.45, 7) is 0.275. The molecule has 2 aromatic carbocycles. The minimum Gasteiger partial charge on any atom is -0.497 e. The molecule has 24 heavy (non-hydrogen) atoms. The SMILES string of the molecule is COc1ccc2c(c1)c(C=O)cn2CC(=O)OCc1ccccc1. The number of nitrogens with zero attached hydrogens (tertiary/aromatic N) is 1. The van der Waals surface area contributed by atoms with Crippen LogP contribution in [0, 0.1) is 0 Å². The number of methoxy groups -OCH3 is 1. The Hall–Kier alpha value is -3.08. The number of hydrogen-bond acceptors (Lipinski definition) is 4. The van der Waals surface area contributed by atoms with Crippen molar-refractivity contribution in [2.75, 3.05) is 7.11 Å². The molecule has 3 rings (SSSR count). The van der Waals surface area contributed by atoms with Crippen molar-refractivity contribution in [1.82, 2.24) is 4.57 Å². The highest BCUT2D eigenvalue weighted by atomic mass is 16.5. The summed E-state index contributed by atoms with van der Waals surface area (Å²) in [7, 11) is 1.57. The van der Waals surface area contributed by atoms with Crippen LogP contribution in [0.5, 0.6) is 5.75 Å². The lowest BCUT2D eigenvalue weighted by molar-refractivity contribution is -0.145. The summed E-state index contributed by atoms with van der Waals surface area (Å²) in [6.07, 6.45) is 2.43. The number of ether oxygens (including phenoxy) is 2. The van der Waals surface area contributed by atoms with Crippen LogP contribution in [0.25, 0.3) is 10.9 Å². The summed E-state index contributed by atoms with van der Waals surface area (Å²) in [6, 6.07) is 14.9. The quantitative estimate of drug-likeness (QED) is 0.516. The molecule has 0 aliphatic rings. The molecule has 0 saturated carbocycles. The molecule has 5 heteroatoms. The van der Waals surface area contributed by atoms with Gasteiger partial charge in [0.1, 0.15) is 18.9 Å². The smallest absolute Gasteiger partial charge is 0.326 e. The maximum Gasteiger partial charge on any atom is 0.326 e. The Kier molecular flexibility index (Phi) is 4.61. The van der Waals surface area contributed by atoms with Crippen LogP contribution >= 0.6 is 0 Å². The number of esters is 1. The largest absolute Gasteiger partial charge is 0.497 e. The second-order valence-corrected chi connectivity index (χ2v) is 5.36. The van der Waals surface area contributed by atoms with E-state index in [4.69, 9.17) is 9.47 Å². The van der Waals surface area contributed by atoms with E-state index < -0.39 is 0 Å². The lowest BCUT2D eigenvalue weighted by atomic mass is 10.2. The summed E-state index contributed by atoms with van der Waals surface area (Å²) in [5, 5.41) is 0.750. The summed E-state index contributed by atoms with van der Waals surface area (Å²) >= 11 is 0. The van der Waals surface area contributed by atoms with Gasteiger partial charge in [-0.1, -0.05) is 30.3 Å². The predicted molar refractivity (Wildman–Crippen MR) is 90.1 cm³/mol. The van der Waals surface area contributed by atoms with Crippen LogP contribution in [0.4, 0.5) is 0 Å². The fraction of sp³-hybridized carbons (Fsp3) is 0.158. The maximum atomic E-state index is 12.1. The fourth-order valence-corrected chi connectivity index (χ4v) is 2.58. The van der Waals surface area contributed by atoms with Crippen molar-refractivity contribution in [3.8, 4) is 5.75 Å². The molecule has 0 aliphatic heterocycles. The van der Waals surface area contributed by atoms with Crippen molar-refractivity contribution in [3.05, 3.63) is 65.9 Å². The van der Waals surface area contributed by atoms with Crippen molar-refractivity contribution in [2.24, 2.45) is 0 Å². The minimum absolute atomic E-state index is 0.0451. The maximum absolute atomic E-state index is 12.1. The fourth-order valence-electron chi connectivity index (χ4n) is 2.58. The van der Waals surface area contributed by atoms with Crippen molar-refractivity contribution in [1.29, 1.82) is 0 Å². The highest BCUT2D eigenvalue weighted by Crippen LogP contribution is 2.25. The molecule has 5 nitrogen and oxygen atoms in total. The monoisotopic (exact) mass is 323 g/mol. The molecule has 0 atom stereocenters. The van der Waals surface area contributed by atoms with E-state index in [0.717, 1.165) is 22.8 Å². The summed E-state index contributed by atoms with van der Waals surface area (Å²) in [5.74, 6) is 0.305. The van der Waals surface area contributed by atoms with E-state index in [0.29, 0.717) is 11.3 Å². The number of rotatable bonds is 6. The Balaban J connectivity index is 1.77. The van der Waals surface area contributed by atoms with Crippen molar-refractivity contribution in [3.63, 3.8) is 0 Å². The van der Waals surface area contributed by atoms with Gasteiger partial charge in [0.25, 0.3) is 0 Å². The third-order valence-corrected chi connectivity index (χ3v) is 3.79. The molecule has 0 fully saturated rings. The van der Waals surface area contributed by atoms with Gasteiger partial charge in [0.2, 0.25) is 0 Å². The van der Waals surface area contributed by atoms with Gasteiger partial charge >= 0.3 is 5.97 Å². The number of carbonyl (C=O) groups is 2.